The van der Waals surface area contributed by atoms with Crippen LogP contribution in [-0.4, -0.2) is 74.6 Å². The van der Waals surface area contributed by atoms with Crippen LogP contribution in [0.4, 0.5) is 5.95 Å². The molecule has 0 unspecified atom stereocenters. The fraction of sp³-hybridized carbons (Fsp3) is 0.500. The number of amides is 1. The summed E-state index contributed by atoms with van der Waals surface area (Å²) in [5.74, 6) is 0.891. The normalized spacial score (nSPS) is 17.7. The van der Waals surface area contributed by atoms with Crippen molar-refractivity contribution in [1.82, 2.24) is 35.2 Å². The number of piperazine rings is 1. The molecule has 3 aromatic rings. The van der Waals surface area contributed by atoms with Crippen molar-refractivity contribution in [2.24, 2.45) is 7.05 Å². The number of aromatic nitrogens is 5. The van der Waals surface area contributed by atoms with Crippen molar-refractivity contribution in [3.05, 3.63) is 53.0 Å². The van der Waals surface area contributed by atoms with E-state index < -0.39 is 5.54 Å². The van der Waals surface area contributed by atoms with Gasteiger partial charge in [0.05, 0.1) is 13.2 Å². The first-order chi connectivity index (χ1) is 17.4. The summed E-state index contributed by atoms with van der Waals surface area (Å²) in [6.07, 6.45) is 1.43. The molecule has 36 heavy (non-hydrogen) atoms. The summed E-state index contributed by atoms with van der Waals surface area (Å²) in [5.41, 5.74) is 5.02. The first kappa shape index (κ1) is 24.3. The predicted molar refractivity (Wildman–Crippen MR) is 136 cm³/mol. The number of benzene rings is 1. The van der Waals surface area contributed by atoms with Gasteiger partial charge in [-0.3, -0.25) is 4.79 Å². The Kier molecular flexibility index (Phi) is 6.72. The fourth-order valence-electron chi connectivity index (χ4n) is 5.32. The number of ether oxygens (including phenoxy) is 1. The van der Waals surface area contributed by atoms with Crippen LogP contribution in [0.3, 0.4) is 0 Å². The number of aryl methyl sites for hydroxylation is 3. The highest BCUT2D eigenvalue weighted by molar-refractivity contribution is 5.87. The van der Waals surface area contributed by atoms with E-state index in [9.17, 15) is 4.79 Å². The average molecular weight is 491 g/mol. The Morgan fingerprint density at radius 1 is 1.06 bits per heavy atom. The fourth-order valence-corrected chi connectivity index (χ4v) is 5.32. The molecule has 1 spiro atoms. The first-order valence-electron chi connectivity index (χ1n) is 12.5. The second-order valence-electron chi connectivity index (χ2n) is 9.79. The van der Waals surface area contributed by atoms with Gasteiger partial charge in [-0.2, -0.15) is 15.0 Å². The van der Waals surface area contributed by atoms with Crippen LogP contribution in [0.5, 0.6) is 0 Å². The van der Waals surface area contributed by atoms with Gasteiger partial charge in [-0.15, -0.1) is 0 Å². The van der Waals surface area contributed by atoms with E-state index >= 15 is 0 Å². The highest BCUT2D eigenvalue weighted by Gasteiger charge is 2.46. The lowest BCUT2D eigenvalue weighted by Gasteiger charge is -2.46. The maximum absolute atomic E-state index is 13.8. The number of carbonyl (C=O) groups is 1. The van der Waals surface area contributed by atoms with Crippen molar-refractivity contribution >= 4 is 11.9 Å². The molecule has 10 heteroatoms. The molecule has 0 atom stereocenters. The monoisotopic (exact) mass is 490 g/mol. The van der Waals surface area contributed by atoms with Gasteiger partial charge in [0.15, 0.2) is 0 Å². The van der Waals surface area contributed by atoms with Crippen molar-refractivity contribution < 1.29 is 9.53 Å². The van der Waals surface area contributed by atoms with Gasteiger partial charge in [-0.1, -0.05) is 18.2 Å². The van der Waals surface area contributed by atoms with Gasteiger partial charge < -0.3 is 19.9 Å². The molecule has 5 rings (SSSR count). The highest BCUT2D eigenvalue weighted by atomic mass is 16.5. The summed E-state index contributed by atoms with van der Waals surface area (Å²) in [7, 11) is 3.50. The lowest BCUT2D eigenvalue weighted by Crippen LogP contribution is -2.67. The maximum Gasteiger partial charge on any atom is 0.243 e. The first-order valence-corrected chi connectivity index (χ1v) is 12.5. The largest absolute Gasteiger partial charge is 0.380 e. The van der Waals surface area contributed by atoms with Crippen LogP contribution in [0.2, 0.25) is 0 Å². The van der Waals surface area contributed by atoms with Crippen LogP contribution in [0.1, 0.15) is 35.5 Å². The summed E-state index contributed by atoms with van der Waals surface area (Å²) in [5, 5.41) is 12.8. The van der Waals surface area contributed by atoms with Crippen molar-refractivity contribution in [3.63, 3.8) is 0 Å². The summed E-state index contributed by atoms with van der Waals surface area (Å²) >= 11 is 0. The van der Waals surface area contributed by atoms with E-state index in [-0.39, 0.29) is 5.91 Å². The quantitative estimate of drug-likeness (QED) is 0.560. The number of hydrogen-bond acceptors (Lipinski definition) is 8. The lowest BCUT2D eigenvalue weighted by atomic mass is 9.84. The summed E-state index contributed by atoms with van der Waals surface area (Å²) in [4.78, 5) is 28.7. The Morgan fingerprint density at radius 3 is 2.53 bits per heavy atom. The van der Waals surface area contributed by atoms with Gasteiger partial charge in [0.2, 0.25) is 11.9 Å². The van der Waals surface area contributed by atoms with E-state index in [0.29, 0.717) is 32.5 Å². The average Bonchev–Trinajstić information content (AvgIpc) is 3.22. The van der Waals surface area contributed by atoms with Crippen LogP contribution < -0.4 is 10.2 Å². The maximum atomic E-state index is 13.8. The molecular weight excluding hydrogens is 456 g/mol. The molecule has 2 fully saturated rings. The number of rotatable bonds is 6. The van der Waals surface area contributed by atoms with Crippen LogP contribution in [0.25, 0.3) is 11.3 Å². The van der Waals surface area contributed by atoms with Crippen molar-refractivity contribution in [1.29, 1.82) is 0 Å². The number of piperidine rings is 1. The molecule has 0 bridgehead atoms. The number of nitrogens with zero attached hydrogens (tertiary/aromatic N) is 7. The summed E-state index contributed by atoms with van der Waals surface area (Å²) in [6.45, 7) is 7.81. The molecule has 0 aliphatic carbocycles. The molecule has 0 saturated carbocycles. The third-order valence-corrected chi connectivity index (χ3v) is 7.05. The molecule has 1 N–H and O–H groups in total. The molecule has 1 amide bonds. The van der Waals surface area contributed by atoms with Gasteiger partial charge in [0.1, 0.15) is 16.9 Å². The van der Waals surface area contributed by atoms with E-state index in [1.165, 1.54) is 0 Å². The predicted octanol–water partition coefficient (Wildman–Crippen LogP) is 2.01. The third kappa shape index (κ3) is 4.83. The summed E-state index contributed by atoms with van der Waals surface area (Å²) < 4.78 is 5.29. The number of carbonyl (C=O) groups excluding carboxylic acids is 1. The standard InChI is InChI=1S/C26H34N8O2/c1-18-14-19(2)29-25(28-18)33-11-8-26(9-12-33)24(35)34(13-10-27-26)16-22-23(31-32(3)30-22)21-7-5-6-20(15-21)17-36-4/h5-7,14-15,27H,8-13,16-17H2,1-4H3. The zero-order chi connectivity index (χ0) is 25.3. The molecule has 4 heterocycles. The topological polar surface area (TPSA) is 101 Å². The highest BCUT2D eigenvalue weighted by Crippen LogP contribution is 2.30. The van der Waals surface area contributed by atoms with Crippen LogP contribution >= 0.6 is 0 Å². The van der Waals surface area contributed by atoms with Crippen LogP contribution in [-0.2, 0) is 29.7 Å². The van der Waals surface area contributed by atoms with E-state index in [2.05, 4.69) is 36.4 Å². The van der Waals surface area contributed by atoms with Crippen LogP contribution in [0.15, 0.2) is 30.3 Å². The lowest BCUT2D eigenvalue weighted by molar-refractivity contribution is -0.143. The van der Waals surface area contributed by atoms with E-state index in [1.54, 1.807) is 11.9 Å². The number of hydrogen-bond donors (Lipinski definition) is 1. The van der Waals surface area contributed by atoms with Crippen molar-refractivity contribution in [2.45, 2.75) is 45.4 Å². The van der Waals surface area contributed by atoms with Crippen molar-refractivity contribution in [3.8, 4) is 11.3 Å². The molecule has 2 aromatic heterocycles. The van der Waals surface area contributed by atoms with Crippen molar-refractivity contribution in [2.75, 3.05) is 38.2 Å². The van der Waals surface area contributed by atoms with Crippen LogP contribution in [0, 0.1) is 13.8 Å². The molecule has 2 saturated heterocycles. The van der Waals surface area contributed by atoms with E-state index in [1.807, 2.05) is 50.1 Å². The van der Waals surface area contributed by atoms with E-state index in [0.717, 1.165) is 59.5 Å². The number of nitrogens with one attached hydrogen (secondary N) is 1. The number of anilines is 1. The van der Waals surface area contributed by atoms with Gasteiger partial charge in [0, 0.05) is 57.3 Å². The van der Waals surface area contributed by atoms with Gasteiger partial charge in [0.25, 0.3) is 0 Å². The minimum Gasteiger partial charge on any atom is -0.380 e. The summed E-state index contributed by atoms with van der Waals surface area (Å²) in [6, 6.07) is 10.1. The Balaban J connectivity index is 1.32. The molecule has 2 aliphatic heterocycles. The molecule has 1 aromatic carbocycles. The Labute approximate surface area is 211 Å². The van der Waals surface area contributed by atoms with Gasteiger partial charge >= 0.3 is 0 Å². The molecule has 190 valence electrons. The molecule has 0 radical (unpaired) electrons. The third-order valence-electron chi connectivity index (χ3n) is 7.05. The Morgan fingerprint density at radius 2 is 1.81 bits per heavy atom. The number of methoxy groups -OCH3 is 1. The smallest absolute Gasteiger partial charge is 0.243 e. The second kappa shape index (κ2) is 9.94. The molecular formula is C26H34N8O2. The van der Waals surface area contributed by atoms with E-state index in [4.69, 9.17) is 4.74 Å². The minimum absolute atomic E-state index is 0.138. The molecule has 2 aliphatic rings. The second-order valence-corrected chi connectivity index (χ2v) is 9.79. The van der Waals surface area contributed by atoms with Gasteiger partial charge in [-0.25, -0.2) is 9.97 Å². The van der Waals surface area contributed by atoms with Gasteiger partial charge in [-0.05, 0) is 44.4 Å². The Hall–Kier alpha value is -3.37. The minimum atomic E-state index is -0.561. The Bertz CT molecular complexity index is 1230. The zero-order valence-corrected chi connectivity index (χ0v) is 21.5. The molecule has 10 nitrogen and oxygen atoms in total. The SMILES string of the molecule is COCc1cccc(-c2nn(C)nc2CN2CCNC3(CCN(c4nc(C)cc(C)n4)CC3)C2=O)c1. The zero-order valence-electron chi connectivity index (χ0n) is 21.5.